The molecule has 0 aliphatic carbocycles. The van der Waals surface area contributed by atoms with E-state index in [9.17, 15) is 4.79 Å². The van der Waals surface area contributed by atoms with Gasteiger partial charge in [0.05, 0.1) is 0 Å². The van der Waals surface area contributed by atoms with E-state index in [2.05, 4.69) is 5.32 Å². The first kappa shape index (κ1) is 10.7. The number of carbonyl (C=O) groups excluding carboxylic acids is 1. The normalized spacial score (nSPS) is 11.8. The molecule has 4 heteroatoms. The number of nitrogens with one attached hydrogen (secondary N) is 1. The van der Waals surface area contributed by atoms with Gasteiger partial charge in [-0.3, -0.25) is 4.79 Å². The fraction of sp³-hybridized carbons (Fsp3) is 0.200. The minimum absolute atomic E-state index is 0.00352. The Morgan fingerprint density at radius 3 is 2.50 bits per heavy atom. The van der Waals surface area contributed by atoms with E-state index in [-0.39, 0.29) is 11.0 Å². The monoisotopic (exact) mass is 208 g/mol. The first-order valence-electron chi connectivity index (χ1n) is 4.26. The molecule has 0 aliphatic heterocycles. The summed E-state index contributed by atoms with van der Waals surface area (Å²) in [5.74, 6) is -0.595. The van der Waals surface area contributed by atoms with Crippen LogP contribution in [0.1, 0.15) is 18.5 Å². The van der Waals surface area contributed by atoms with Gasteiger partial charge in [-0.05, 0) is 12.5 Å². The smallest absolute Gasteiger partial charge is 0.276 e. The highest BCUT2D eigenvalue weighted by atomic mass is 32.1. The summed E-state index contributed by atoms with van der Waals surface area (Å²) in [5.41, 5.74) is 6.09. The van der Waals surface area contributed by atoms with Crippen LogP contribution in [-0.4, -0.2) is 10.9 Å². The van der Waals surface area contributed by atoms with Gasteiger partial charge in [-0.15, -0.1) is 0 Å². The van der Waals surface area contributed by atoms with E-state index in [0.29, 0.717) is 0 Å². The number of amides is 1. The lowest BCUT2D eigenvalue weighted by atomic mass is 10.1. The minimum Gasteiger partial charge on any atom is -0.365 e. The summed E-state index contributed by atoms with van der Waals surface area (Å²) in [7, 11) is 0. The number of benzene rings is 1. The van der Waals surface area contributed by atoms with Crippen LogP contribution in [0.5, 0.6) is 0 Å². The molecule has 14 heavy (non-hydrogen) atoms. The Balaban J connectivity index is 2.64. The zero-order valence-corrected chi connectivity index (χ0v) is 8.67. The molecule has 0 spiro atoms. The van der Waals surface area contributed by atoms with E-state index in [4.69, 9.17) is 18.0 Å². The number of thiocarbonyl (C=S) groups is 1. The van der Waals surface area contributed by atoms with Crippen LogP contribution in [0.15, 0.2) is 30.3 Å². The molecule has 0 fully saturated rings. The molecule has 1 aromatic carbocycles. The summed E-state index contributed by atoms with van der Waals surface area (Å²) in [5, 5.41) is 2.85. The lowest BCUT2D eigenvalue weighted by Gasteiger charge is -2.14. The van der Waals surface area contributed by atoms with Crippen molar-refractivity contribution in [1.82, 2.24) is 5.32 Å². The largest absolute Gasteiger partial charge is 0.365 e. The van der Waals surface area contributed by atoms with Crippen molar-refractivity contribution in [3.05, 3.63) is 35.9 Å². The van der Waals surface area contributed by atoms with Crippen LogP contribution >= 0.6 is 12.2 Å². The zero-order valence-electron chi connectivity index (χ0n) is 7.86. The predicted octanol–water partition coefficient (Wildman–Crippen LogP) is 1.15. The quantitative estimate of drug-likeness (QED) is 0.717. The number of hydrogen-bond acceptors (Lipinski definition) is 2. The van der Waals surface area contributed by atoms with Crippen molar-refractivity contribution < 1.29 is 4.79 Å². The molecule has 0 radical (unpaired) electrons. The molecule has 3 N–H and O–H groups in total. The van der Waals surface area contributed by atoms with Crippen molar-refractivity contribution in [3.63, 3.8) is 0 Å². The molecular weight excluding hydrogens is 196 g/mol. The van der Waals surface area contributed by atoms with Crippen LogP contribution in [0.4, 0.5) is 0 Å². The first-order chi connectivity index (χ1) is 6.61. The van der Waals surface area contributed by atoms with Gasteiger partial charge in [-0.25, -0.2) is 0 Å². The van der Waals surface area contributed by atoms with Crippen LogP contribution in [0.2, 0.25) is 0 Å². The summed E-state index contributed by atoms with van der Waals surface area (Å²) >= 11 is 4.77. The molecule has 1 amide bonds. The van der Waals surface area contributed by atoms with Crippen LogP contribution < -0.4 is 11.1 Å². The number of nitrogens with two attached hydrogens (primary N) is 1. The van der Waals surface area contributed by atoms with Gasteiger partial charge < -0.3 is 11.1 Å². The molecule has 1 unspecified atom stereocenters. The van der Waals surface area contributed by atoms with Gasteiger partial charge in [-0.1, -0.05) is 42.5 Å². The van der Waals surface area contributed by atoms with Gasteiger partial charge in [0.2, 0.25) is 0 Å². The third kappa shape index (κ3) is 2.81. The van der Waals surface area contributed by atoms with Crippen LogP contribution in [0, 0.1) is 0 Å². The van der Waals surface area contributed by atoms with Crippen LogP contribution in [0.3, 0.4) is 0 Å². The van der Waals surface area contributed by atoms with Gasteiger partial charge in [0.25, 0.3) is 5.91 Å². The van der Waals surface area contributed by atoms with Crippen molar-refractivity contribution in [2.45, 2.75) is 13.0 Å². The van der Waals surface area contributed by atoms with Gasteiger partial charge in [0.15, 0.2) is 4.99 Å². The maximum atomic E-state index is 10.7. The Bertz CT molecular complexity index is 337. The van der Waals surface area contributed by atoms with Crippen molar-refractivity contribution in [3.8, 4) is 0 Å². The Hall–Kier alpha value is -1.42. The van der Waals surface area contributed by atoms with E-state index in [0.717, 1.165) is 5.56 Å². The van der Waals surface area contributed by atoms with Crippen molar-refractivity contribution >= 4 is 23.1 Å². The predicted molar refractivity (Wildman–Crippen MR) is 59.8 cm³/mol. The molecule has 74 valence electrons. The van der Waals surface area contributed by atoms with E-state index < -0.39 is 5.91 Å². The maximum Gasteiger partial charge on any atom is 0.276 e. The summed E-state index contributed by atoms with van der Waals surface area (Å²) in [6.07, 6.45) is 0. The maximum absolute atomic E-state index is 10.7. The number of primary amides is 1. The zero-order chi connectivity index (χ0) is 10.6. The fourth-order valence-corrected chi connectivity index (χ4v) is 1.27. The second kappa shape index (κ2) is 4.72. The van der Waals surface area contributed by atoms with Crippen LogP contribution in [0.25, 0.3) is 0 Å². The molecule has 1 aromatic rings. The lowest BCUT2D eigenvalue weighted by Crippen LogP contribution is -2.35. The molecule has 0 aromatic heterocycles. The average molecular weight is 208 g/mol. The second-order valence-corrected chi connectivity index (χ2v) is 3.38. The molecule has 1 rings (SSSR count). The molecule has 0 heterocycles. The third-order valence-corrected chi connectivity index (χ3v) is 2.19. The average Bonchev–Trinajstić information content (AvgIpc) is 2.19. The summed E-state index contributed by atoms with van der Waals surface area (Å²) < 4.78 is 0. The fourth-order valence-electron chi connectivity index (χ4n) is 1.09. The molecule has 0 bridgehead atoms. The molecule has 0 saturated heterocycles. The Labute approximate surface area is 88.3 Å². The highest BCUT2D eigenvalue weighted by Crippen LogP contribution is 2.10. The van der Waals surface area contributed by atoms with E-state index in [1.54, 1.807) is 0 Å². The Kier molecular flexibility index (Phi) is 3.59. The highest BCUT2D eigenvalue weighted by molar-refractivity contribution is 7.82. The summed E-state index contributed by atoms with van der Waals surface area (Å²) in [6.45, 7) is 1.92. The van der Waals surface area contributed by atoms with E-state index in [1.807, 2.05) is 37.3 Å². The standard InChI is InChI=1S/C10H12N2OS/c1-7(12-10(14)9(11)13)8-5-3-2-4-6-8/h2-7H,1H3,(H2,11,13)(H,12,14). The molecular formula is C10H12N2OS. The highest BCUT2D eigenvalue weighted by Gasteiger charge is 2.09. The number of carbonyl (C=O) groups is 1. The van der Waals surface area contributed by atoms with E-state index in [1.165, 1.54) is 0 Å². The van der Waals surface area contributed by atoms with Gasteiger partial charge in [0, 0.05) is 6.04 Å². The first-order valence-corrected chi connectivity index (χ1v) is 4.67. The number of rotatable bonds is 2. The molecule has 0 saturated carbocycles. The molecule has 0 aliphatic rings. The van der Waals surface area contributed by atoms with Crippen molar-refractivity contribution in [2.75, 3.05) is 0 Å². The van der Waals surface area contributed by atoms with Gasteiger partial charge >= 0.3 is 0 Å². The van der Waals surface area contributed by atoms with Gasteiger partial charge in [0.1, 0.15) is 0 Å². The minimum atomic E-state index is -0.595. The third-order valence-electron chi connectivity index (χ3n) is 1.87. The lowest BCUT2D eigenvalue weighted by molar-refractivity contribution is -0.112. The Morgan fingerprint density at radius 2 is 2.00 bits per heavy atom. The molecule has 1 atom stereocenters. The van der Waals surface area contributed by atoms with Gasteiger partial charge in [-0.2, -0.15) is 0 Å². The summed E-state index contributed by atoms with van der Waals surface area (Å²) in [6, 6.07) is 9.71. The number of hydrogen-bond donors (Lipinski definition) is 2. The summed E-state index contributed by atoms with van der Waals surface area (Å²) in [4.78, 5) is 10.8. The van der Waals surface area contributed by atoms with Crippen molar-refractivity contribution in [1.29, 1.82) is 0 Å². The van der Waals surface area contributed by atoms with Crippen LogP contribution in [-0.2, 0) is 4.79 Å². The SMILES string of the molecule is CC(NC(=S)C(N)=O)c1ccccc1. The molecule has 3 nitrogen and oxygen atoms in total. The van der Waals surface area contributed by atoms with Crippen molar-refractivity contribution in [2.24, 2.45) is 5.73 Å². The second-order valence-electron chi connectivity index (χ2n) is 2.97. The topological polar surface area (TPSA) is 55.1 Å². The van der Waals surface area contributed by atoms with E-state index >= 15 is 0 Å². The Morgan fingerprint density at radius 1 is 1.43 bits per heavy atom.